The van der Waals surface area contributed by atoms with E-state index in [4.69, 9.17) is 15.2 Å². The minimum Gasteiger partial charge on any atom is -0.480 e. The van der Waals surface area contributed by atoms with Gasteiger partial charge in [0, 0.05) is 23.7 Å². The standard InChI is InChI=1S/C27H30F2N4O5/c1-37-24-14-32-20-6-2-5-17(25(20)33-24)26(35)27(36)21-10-9-19(22(38-21)13-23(30)34)31-11-3-4-15-12-16(28)7-8-18(15)29/h2-8,12,14,19,21-22,26-27,31,35-36H,9-11,13H2,1H3,(H2,30,34)/b4-3+/t19-,21+,22-,26-,27+/m1/s1. The van der Waals surface area contributed by atoms with E-state index in [1.54, 1.807) is 24.3 Å². The average molecular weight is 529 g/mol. The highest BCUT2D eigenvalue weighted by Gasteiger charge is 2.38. The molecule has 11 heteroatoms. The number of carbonyl (C=O) groups is 1. The molecule has 0 saturated carbocycles. The second kappa shape index (κ2) is 12.4. The molecule has 1 fully saturated rings. The molecule has 1 saturated heterocycles. The number of fused-ring (bicyclic) bond motifs is 1. The van der Waals surface area contributed by atoms with E-state index in [0.29, 0.717) is 36.0 Å². The summed E-state index contributed by atoms with van der Waals surface area (Å²) < 4.78 is 38.4. The molecular formula is C27H30F2N4O5. The Labute approximate surface area is 218 Å². The highest BCUT2D eigenvalue weighted by Crippen LogP contribution is 2.32. The van der Waals surface area contributed by atoms with E-state index in [0.717, 1.165) is 18.2 Å². The number of hydrogen-bond donors (Lipinski definition) is 4. The number of aliphatic hydroxyl groups is 2. The number of nitrogens with two attached hydrogens (primary N) is 1. The monoisotopic (exact) mass is 528 g/mol. The Morgan fingerprint density at radius 2 is 2.11 bits per heavy atom. The molecular weight excluding hydrogens is 498 g/mol. The van der Waals surface area contributed by atoms with Crippen LogP contribution in [-0.2, 0) is 9.53 Å². The van der Waals surface area contributed by atoms with Crippen molar-refractivity contribution in [3.8, 4) is 5.88 Å². The van der Waals surface area contributed by atoms with Crippen LogP contribution in [-0.4, -0.2) is 64.1 Å². The van der Waals surface area contributed by atoms with E-state index in [9.17, 15) is 23.8 Å². The minimum absolute atomic E-state index is 0.101. The summed E-state index contributed by atoms with van der Waals surface area (Å²) in [5, 5.41) is 25.3. The van der Waals surface area contributed by atoms with Gasteiger partial charge in [-0.1, -0.05) is 24.3 Å². The maximum Gasteiger partial charge on any atom is 0.232 e. The third-order valence-electron chi connectivity index (χ3n) is 6.53. The maximum atomic E-state index is 13.8. The van der Waals surface area contributed by atoms with Crippen molar-refractivity contribution in [2.24, 2.45) is 5.73 Å². The van der Waals surface area contributed by atoms with Crippen LogP contribution in [0.5, 0.6) is 5.88 Å². The Kier molecular flexibility index (Phi) is 8.95. The Hall–Kier alpha value is -3.51. The van der Waals surface area contributed by atoms with Crippen molar-refractivity contribution in [3.05, 3.63) is 71.4 Å². The molecule has 0 spiro atoms. The molecule has 202 valence electrons. The third kappa shape index (κ3) is 6.48. The van der Waals surface area contributed by atoms with Gasteiger partial charge in [-0.15, -0.1) is 0 Å². The summed E-state index contributed by atoms with van der Waals surface area (Å²) in [5.41, 5.74) is 6.84. The number of para-hydroxylation sites is 1. The van der Waals surface area contributed by atoms with Gasteiger partial charge in [-0.25, -0.2) is 18.7 Å². The van der Waals surface area contributed by atoms with Crippen molar-refractivity contribution in [1.29, 1.82) is 0 Å². The molecule has 9 nitrogen and oxygen atoms in total. The fraction of sp³-hybridized carbons (Fsp3) is 0.370. The van der Waals surface area contributed by atoms with Crippen molar-refractivity contribution in [1.82, 2.24) is 15.3 Å². The second-order valence-corrected chi connectivity index (χ2v) is 9.11. The predicted molar refractivity (Wildman–Crippen MR) is 136 cm³/mol. The average Bonchev–Trinajstić information content (AvgIpc) is 2.91. The van der Waals surface area contributed by atoms with Crippen LogP contribution < -0.4 is 15.8 Å². The molecule has 3 aromatic rings. The van der Waals surface area contributed by atoms with E-state index in [2.05, 4.69) is 15.3 Å². The second-order valence-electron chi connectivity index (χ2n) is 9.11. The lowest BCUT2D eigenvalue weighted by Crippen LogP contribution is -2.52. The van der Waals surface area contributed by atoms with Crippen molar-refractivity contribution in [3.63, 3.8) is 0 Å². The normalized spacial score (nSPS) is 21.4. The van der Waals surface area contributed by atoms with E-state index < -0.39 is 42.0 Å². The van der Waals surface area contributed by atoms with Gasteiger partial charge in [0.2, 0.25) is 11.8 Å². The number of primary amides is 1. The van der Waals surface area contributed by atoms with Crippen LogP contribution in [0.4, 0.5) is 8.78 Å². The molecule has 0 aliphatic carbocycles. The molecule has 0 radical (unpaired) electrons. The summed E-state index contributed by atoms with van der Waals surface area (Å²) in [6, 6.07) is 7.99. The summed E-state index contributed by atoms with van der Waals surface area (Å²) in [4.78, 5) is 20.4. The first kappa shape index (κ1) is 27.5. The molecule has 5 N–H and O–H groups in total. The van der Waals surface area contributed by atoms with E-state index in [1.165, 1.54) is 19.4 Å². The zero-order valence-corrected chi connectivity index (χ0v) is 20.8. The number of aliphatic hydroxyl groups excluding tert-OH is 2. The molecule has 1 aromatic heterocycles. The summed E-state index contributed by atoms with van der Waals surface area (Å²) in [7, 11) is 1.46. The van der Waals surface area contributed by atoms with Gasteiger partial charge in [-0.3, -0.25) is 4.79 Å². The fourth-order valence-electron chi connectivity index (χ4n) is 4.60. The van der Waals surface area contributed by atoms with Gasteiger partial charge in [0.05, 0.1) is 43.0 Å². The zero-order valence-electron chi connectivity index (χ0n) is 20.8. The van der Waals surface area contributed by atoms with Gasteiger partial charge in [0.15, 0.2) is 0 Å². The first-order valence-electron chi connectivity index (χ1n) is 12.2. The first-order valence-corrected chi connectivity index (χ1v) is 12.2. The van der Waals surface area contributed by atoms with Crippen LogP contribution in [0.15, 0.2) is 48.7 Å². The molecule has 2 aromatic carbocycles. The lowest BCUT2D eigenvalue weighted by atomic mass is 9.90. The lowest BCUT2D eigenvalue weighted by Gasteiger charge is -2.39. The summed E-state index contributed by atoms with van der Waals surface area (Å²) in [6.45, 7) is 0.297. The maximum absolute atomic E-state index is 13.8. The molecule has 5 atom stereocenters. The van der Waals surface area contributed by atoms with Gasteiger partial charge >= 0.3 is 0 Å². The summed E-state index contributed by atoms with van der Waals surface area (Å²) in [6.07, 6.45) is 1.25. The molecule has 4 rings (SSSR count). The van der Waals surface area contributed by atoms with Crippen LogP contribution in [0.2, 0.25) is 0 Å². The molecule has 38 heavy (non-hydrogen) atoms. The van der Waals surface area contributed by atoms with Crippen LogP contribution >= 0.6 is 0 Å². The van der Waals surface area contributed by atoms with Gasteiger partial charge in [0.25, 0.3) is 0 Å². The van der Waals surface area contributed by atoms with Gasteiger partial charge in [-0.2, -0.15) is 0 Å². The Morgan fingerprint density at radius 3 is 2.87 bits per heavy atom. The number of methoxy groups -OCH3 is 1. The number of rotatable bonds is 10. The van der Waals surface area contributed by atoms with Crippen molar-refractivity contribution >= 4 is 23.0 Å². The van der Waals surface area contributed by atoms with Crippen molar-refractivity contribution in [2.75, 3.05) is 13.7 Å². The Balaban J connectivity index is 1.43. The van der Waals surface area contributed by atoms with E-state index >= 15 is 0 Å². The van der Waals surface area contributed by atoms with Crippen LogP contribution in [0.25, 0.3) is 17.1 Å². The number of aromatic nitrogens is 2. The number of hydrogen-bond acceptors (Lipinski definition) is 8. The molecule has 2 heterocycles. The highest BCUT2D eigenvalue weighted by atomic mass is 19.1. The molecule has 0 bridgehead atoms. The van der Waals surface area contributed by atoms with Crippen LogP contribution in [0.3, 0.4) is 0 Å². The quantitative estimate of drug-likeness (QED) is 0.315. The lowest BCUT2D eigenvalue weighted by molar-refractivity contribution is -0.152. The van der Waals surface area contributed by atoms with Crippen LogP contribution in [0.1, 0.15) is 36.5 Å². The van der Waals surface area contributed by atoms with Gasteiger partial charge < -0.3 is 30.7 Å². The number of halogens is 2. The third-order valence-corrected chi connectivity index (χ3v) is 6.53. The minimum atomic E-state index is -1.34. The molecule has 1 aliphatic heterocycles. The Bertz CT molecular complexity index is 1310. The number of nitrogens with zero attached hydrogens (tertiary/aromatic N) is 2. The largest absolute Gasteiger partial charge is 0.480 e. The van der Waals surface area contributed by atoms with Gasteiger partial charge in [-0.05, 0) is 37.1 Å². The van der Waals surface area contributed by atoms with Crippen molar-refractivity contribution < 1.29 is 33.3 Å². The molecule has 1 aliphatic rings. The van der Waals surface area contributed by atoms with Crippen molar-refractivity contribution in [2.45, 2.75) is 49.7 Å². The fourth-order valence-corrected chi connectivity index (χ4v) is 4.60. The highest BCUT2D eigenvalue weighted by molar-refractivity contribution is 5.78. The Morgan fingerprint density at radius 1 is 1.29 bits per heavy atom. The SMILES string of the molecule is COc1cnc2cccc([C@@H](O)[C@@H](O)[C@@H]3CC[C@@H](NC/C=C/c4cc(F)ccc4F)[C@@H](CC(N)=O)O3)c2n1. The molecule has 1 amide bonds. The number of carbonyl (C=O) groups excluding carboxylic acids is 1. The number of benzene rings is 2. The first-order chi connectivity index (χ1) is 18.3. The number of nitrogens with one attached hydrogen (secondary N) is 1. The predicted octanol–water partition coefficient (Wildman–Crippen LogP) is 2.41. The van der Waals surface area contributed by atoms with Gasteiger partial charge in [0.1, 0.15) is 23.8 Å². The smallest absolute Gasteiger partial charge is 0.232 e. The van der Waals surface area contributed by atoms with Crippen LogP contribution in [0, 0.1) is 11.6 Å². The summed E-state index contributed by atoms with van der Waals surface area (Å²) in [5.74, 6) is -1.39. The zero-order chi connectivity index (χ0) is 27.2. The van der Waals surface area contributed by atoms with E-state index in [-0.39, 0.29) is 23.9 Å². The summed E-state index contributed by atoms with van der Waals surface area (Å²) >= 11 is 0. The number of amides is 1. The van der Waals surface area contributed by atoms with E-state index in [1.807, 2.05) is 0 Å². The molecule has 0 unspecified atom stereocenters. The number of ether oxygens (including phenoxy) is 2. The topological polar surface area (TPSA) is 140 Å².